The number of nitrogens with two attached hydrogens (primary N) is 1. The van der Waals surface area contributed by atoms with Crippen molar-refractivity contribution in [3.8, 4) is 0 Å². The average Bonchev–Trinajstić information content (AvgIpc) is 3.34. The molecule has 2 heterocycles. The number of aliphatic hydroxyl groups excluding tert-OH is 1. The number of carbonyl (C=O) groups excluding carboxylic acids is 3. The molecular formula is C20H29N3O5. The van der Waals surface area contributed by atoms with Crippen LogP contribution in [0.1, 0.15) is 61.9 Å². The smallest absolute Gasteiger partial charge is 0.290 e. The molecule has 3 atom stereocenters. The highest BCUT2D eigenvalue weighted by atomic mass is 16.3. The van der Waals surface area contributed by atoms with Gasteiger partial charge in [-0.25, -0.2) is 0 Å². The summed E-state index contributed by atoms with van der Waals surface area (Å²) in [6.45, 7) is 0.249. The zero-order valence-corrected chi connectivity index (χ0v) is 16.0. The Kier molecular flexibility index (Phi) is 6.72. The highest BCUT2D eigenvalue weighted by Gasteiger charge is 2.41. The SMILES string of the molecule is NC(=O)C1[C@@H](O)C(NC(=O)CCC2CCCC2)CCCN1C(=O)c1ccco1. The Morgan fingerprint density at radius 3 is 2.61 bits per heavy atom. The number of furan rings is 1. The molecule has 8 nitrogen and oxygen atoms in total. The number of nitrogens with one attached hydrogen (secondary N) is 1. The van der Waals surface area contributed by atoms with E-state index in [0.29, 0.717) is 25.2 Å². The van der Waals surface area contributed by atoms with Crippen LogP contribution < -0.4 is 11.1 Å². The molecule has 0 spiro atoms. The maximum Gasteiger partial charge on any atom is 0.290 e. The van der Waals surface area contributed by atoms with E-state index in [9.17, 15) is 19.5 Å². The van der Waals surface area contributed by atoms with Crippen LogP contribution in [-0.2, 0) is 9.59 Å². The molecule has 2 fully saturated rings. The fourth-order valence-electron chi connectivity index (χ4n) is 4.36. The predicted molar refractivity (Wildman–Crippen MR) is 101 cm³/mol. The number of nitrogens with zero attached hydrogens (tertiary/aromatic N) is 1. The van der Waals surface area contributed by atoms with E-state index < -0.39 is 30.0 Å². The van der Waals surface area contributed by atoms with Crippen LogP contribution in [0.5, 0.6) is 0 Å². The summed E-state index contributed by atoms with van der Waals surface area (Å²) in [5.74, 6) is -0.757. The first-order valence-electron chi connectivity index (χ1n) is 10.1. The van der Waals surface area contributed by atoms with Crippen molar-refractivity contribution >= 4 is 17.7 Å². The second-order valence-corrected chi connectivity index (χ2v) is 7.82. The molecule has 3 rings (SSSR count). The second kappa shape index (κ2) is 9.23. The molecule has 1 aromatic rings. The average molecular weight is 391 g/mol. The van der Waals surface area contributed by atoms with Crippen molar-refractivity contribution in [3.63, 3.8) is 0 Å². The monoisotopic (exact) mass is 391 g/mol. The van der Waals surface area contributed by atoms with Crippen LogP contribution in [0.3, 0.4) is 0 Å². The van der Waals surface area contributed by atoms with E-state index in [2.05, 4.69) is 5.32 Å². The molecule has 2 unspecified atom stereocenters. The molecule has 4 N–H and O–H groups in total. The summed E-state index contributed by atoms with van der Waals surface area (Å²) < 4.78 is 5.13. The first kappa shape index (κ1) is 20.4. The third-order valence-electron chi connectivity index (χ3n) is 5.87. The molecule has 0 aromatic carbocycles. The van der Waals surface area contributed by atoms with Crippen LogP contribution in [0.2, 0.25) is 0 Å². The normalized spacial score (nSPS) is 26.0. The maximum absolute atomic E-state index is 12.7. The Hall–Kier alpha value is -2.35. The minimum absolute atomic E-state index is 0.0810. The fraction of sp³-hybridized carbons (Fsp3) is 0.650. The van der Waals surface area contributed by atoms with Crippen molar-refractivity contribution in [2.24, 2.45) is 11.7 Å². The quantitative estimate of drug-likeness (QED) is 0.671. The Balaban J connectivity index is 1.64. The first-order chi connectivity index (χ1) is 13.5. The number of hydrogen-bond acceptors (Lipinski definition) is 5. The number of aliphatic hydroxyl groups is 1. The number of likely N-dealkylation sites (tertiary alicyclic amines) is 1. The topological polar surface area (TPSA) is 126 Å². The molecule has 3 amide bonds. The summed E-state index contributed by atoms with van der Waals surface area (Å²) >= 11 is 0. The predicted octanol–water partition coefficient (Wildman–Crippen LogP) is 1.19. The lowest BCUT2D eigenvalue weighted by Crippen LogP contribution is -2.58. The van der Waals surface area contributed by atoms with Gasteiger partial charge in [0.2, 0.25) is 11.8 Å². The van der Waals surface area contributed by atoms with Crippen LogP contribution in [0, 0.1) is 5.92 Å². The van der Waals surface area contributed by atoms with Gasteiger partial charge in [-0.1, -0.05) is 25.7 Å². The molecule has 1 aliphatic heterocycles. The Labute approximate surface area is 164 Å². The van der Waals surface area contributed by atoms with Gasteiger partial charge in [0.1, 0.15) is 12.1 Å². The van der Waals surface area contributed by atoms with E-state index in [4.69, 9.17) is 10.2 Å². The van der Waals surface area contributed by atoms with E-state index in [1.807, 2.05) is 0 Å². The lowest BCUT2D eigenvalue weighted by Gasteiger charge is -2.32. The maximum atomic E-state index is 12.7. The molecule has 1 aromatic heterocycles. The molecule has 1 saturated carbocycles. The van der Waals surface area contributed by atoms with Gasteiger partial charge in [0.25, 0.3) is 5.91 Å². The third kappa shape index (κ3) is 4.73. The third-order valence-corrected chi connectivity index (χ3v) is 5.87. The minimum Gasteiger partial charge on any atom is -0.459 e. The number of amides is 3. The summed E-state index contributed by atoms with van der Waals surface area (Å²) in [6.07, 6.45) is 7.15. The van der Waals surface area contributed by atoms with E-state index in [-0.39, 0.29) is 18.2 Å². The van der Waals surface area contributed by atoms with Crippen LogP contribution in [0.4, 0.5) is 0 Å². The molecule has 154 valence electrons. The van der Waals surface area contributed by atoms with E-state index in [1.165, 1.54) is 42.9 Å². The van der Waals surface area contributed by atoms with E-state index in [0.717, 1.165) is 6.42 Å². The van der Waals surface area contributed by atoms with Crippen molar-refractivity contribution in [3.05, 3.63) is 24.2 Å². The lowest BCUT2D eigenvalue weighted by molar-refractivity contribution is -0.129. The summed E-state index contributed by atoms with van der Waals surface area (Å²) in [5, 5.41) is 13.6. The summed E-state index contributed by atoms with van der Waals surface area (Å²) in [5.41, 5.74) is 5.51. The van der Waals surface area contributed by atoms with Crippen molar-refractivity contribution in [2.75, 3.05) is 6.54 Å². The van der Waals surface area contributed by atoms with Gasteiger partial charge < -0.3 is 25.5 Å². The van der Waals surface area contributed by atoms with Crippen molar-refractivity contribution in [2.45, 2.75) is 69.6 Å². The Morgan fingerprint density at radius 2 is 1.96 bits per heavy atom. The number of primary amides is 1. The molecule has 8 heteroatoms. The highest BCUT2D eigenvalue weighted by Crippen LogP contribution is 2.28. The van der Waals surface area contributed by atoms with Gasteiger partial charge in [-0.05, 0) is 37.3 Å². The molecule has 28 heavy (non-hydrogen) atoms. The molecule has 2 aliphatic rings. The number of hydrogen-bond donors (Lipinski definition) is 3. The second-order valence-electron chi connectivity index (χ2n) is 7.82. The molecule has 1 saturated heterocycles. The first-order valence-corrected chi connectivity index (χ1v) is 10.1. The van der Waals surface area contributed by atoms with Crippen molar-refractivity contribution in [1.29, 1.82) is 0 Å². The van der Waals surface area contributed by atoms with Gasteiger partial charge in [0.05, 0.1) is 12.3 Å². The van der Waals surface area contributed by atoms with E-state index in [1.54, 1.807) is 6.07 Å². The van der Waals surface area contributed by atoms with Crippen molar-refractivity contribution in [1.82, 2.24) is 10.2 Å². The van der Waals surface area contributed by atoms with Gasteiger partial charge in [0, 0.05) is 13.0 Å². The molecular weight excluding hydrogens is 362 g/mol. The standard InChI is InChI=1S/C20H29N3O5/c21-19(26)17-18(25)14(22-16(24)10-9-13-5-1-2-6-13)7-3-11-23(17)20(27)15-8-4-12-28-15/h4,8,12-14,17-18,25H,1-3,5-7,9-11H2,(H2,21,26)(H,22,24)/t14?,17?,18-/m0/s1. The van der Waals surface area contributed by atoms with Crippen molar-refractivity contribution < 1.29 is 23.9 Å². The minimum atomic E-state index is -1.27. The van der Waals surface area contributed by atoms with Crippen LogP contribution >= 0.6 is 0 Å². The Bertz CT molecular complexity index is 684. The van der Waals surface area contributed by atoms with Crippen LogP contribution in [0.25, 0.3) is 0 Å². The molecule has 0 radical (unpaired) electrons. The zero-order chi connectivity index (χ0) is 20.1. The molecule has 0 bridgehead atoms. The van der Waals surface area contributed by atoms with Crippen LogP contribution in [-0.4, -0.2) is 52.5 Å². The fourth-order valence-corrected chi connectivity index (χ4v) is 4.36. The zero-order valence-electron chi connectivity index (χ0n) is 16.0. The van der Waals surface area contributed by atoms with Gasteiger partial charge in [-0.15, -0.1) is 0 Å². The van der Waals surface area contributed by atoms with Gasteiger partial charge in [-0.3, -0.25) is 14.4 Å². The van der Waals surface area contributed by atoms with Gasteiger partial charge >= 0.3 is 0 Å². The molecule has 1 aliphatic carbocycles. The van der Waals surface area contributed by atoms with Crippen LogP contribution in [0.15, 0.2) is 22.8 Å². The number of carbonyl (C=O) groups is 3. The highest BCUT2D eigenvalue weighted by molar-refractivity contribution is 5.95. The summed E-state index contributed by atoms with van der Waals surface area (Å²) in [4.78, 5) is 38.4. The number of rotatable bonds is 6. The van der Waals surface area contributed by atoms with Gasteiger partial charge in [-0.2, -0.15) is 0 Å². The summed E-state index contributed by atoms with van der Waals surface area (Å²) in [6, 6.07) is 1.23. The van der Waals surface area contributed by atoms with E-state index >= 15 is 0 Å². The summed E-state index contributed by atoms with van der Waals surface area (Å²) in [7, 11) is 0. The Morgan fingerprint density at radius 1 is 1.21 bits per heavy atom. The van der Waals surface area contributed by atoms with Gasteiger partial charge in [0.15, 0.2) is 5.76 Å². The lowest BCUT2D eigenvalue weighted by atomic mass is 9.98. The largest absolute Gasteiger partial charge is 0.459 e.